The molecule has 1 aromatic carbocycles. The summed E-state index contributed by atoms with van der Waals surface area (Å²) in [6, 6.07) is 6.79. The number of carbonyl (C=O) groups is 3. The van der Waals surface area contributed by atoms with Crippen LogP contribution in [-0.4, -0.2) is 65.3 Å². The average molecular weight is 403 g/mol. The summed E-state index contributed by atoms with van der Waals surface area (Å²) in [7, 11) is 1.56. The summed E-state index contributed by atoms with van der Waals surface area (Å²) in [5.74, 6) is 0.0888. The molecule has 3 rings (SSSR count). The van der Waals surface area contributed by atoms with Gasteiger partial charge < -0.3 is 4.74 Å². The zero-order chi connectivity index (χ0) is 20.8. The molecule has 1 aliphatic heterocycles. The van der Waals surface area contributed by atoms with Crippen LogP contribution in [0.5, 0.6) is 5.75 Å². The van der Waals surface area contributed by atoms with Gasteiger partial charge in [-0.25, -0.2) is 10.1 Å². The zero-order valence-electron chi connectivity index (χ0n) is 16.8. The van der Waals surface area contributed by atoms with E-state index < -0.39 is 5.92 Å². The van der Waals surface area contributed by atoms with Crippen LogP contribution in [0.1, 0.15) is 48.9 Å². The number of hydrogen-bond donors (Lipinski definition) is 1. The number of rotatable bonds is 8. The maximum Gasteiger partial charge on any atom is 0.272 e. The van der Waals surface area contributed by atoms with E-state index in [1.165, 1.54) is 10.0 Å². The third kappa shape index (κ3) is 5.06. The lowest BCUT2D eigenvalue weighted by Gasteiger charge is -2.32. The zero-order valence-corrected chi connectivity index (χ0v) is 16.8. The SMILES string of the molecule is COc1ccc(C(=O)N2CCCN2C(=O)[C@H](CC2CCCC2)CN(O)C=O)cc1. The molecule has 2 fully saturated rings. The van der Waals surface area contributed by atoms with Crippen molar-refractivity contribution in [3.05, 3.63) is 29.8 Å². The summed E-state index contributed by atoms with van der Waals surface area (Å²) in [5, 5.41) is 13.2. The van der Waals surface area contributed by atoms with Crippen LogP contribution in [0.4, 0.5) is 0 Å². The van der Waals surface area contributed by atoms with E-state index in [-0.39, 0.29) is 18.4 Å². The maximum atomic E-state index is 13.3. The van der Waals surface area contributed by atoms with Crippen molar-refractivity contribution in [2.45, 2.75) is 38.5 Å². The summed E-state index contributed by atoms with van der Waals surface area (Å²) in [4.78, 5) is 37.2. The van der Waals surface area contributed by atoms with Crippen molar-refractivity contribution in [3.8, 4) is 5.75 Å². The van der Waals surface area contributed by atoms with Crippen LogP contribution in [0.25, 0.3) is 0 Å². The van der Waals surface area contributed by atoms with Gasteiger partial charge >= 0.3 is 0 Å². The summed E-state index contributed by atoms with van der Waals surface area (Å²) in [5.41, 5.74) is 0.481. The van der Waals surface area contributed by atoms with E-state index in [0.717, 1.165) is 25.7 Å². The minimum Gasteiger partial charge on any atom is -0.497 e. The number of ether oxygens (including phenoxy) is 1. The molecule has 1 heterocycles. The fourth-order valence-electron chi connectivity index (χ4n) is 4.32. The van der Waals surface area contributed by atoms with Crippen molar-refractivity contribution >= 4 is 18.2 Å². The van der Waals surface area contributed by atoms with E-state index in [0.29, 0.717) is 54.6 Å². The Bertz CT molecular complexity index is 718. The second-order valence-corrected chi connectivity index (χ2v) is 7.78. The molecule has 0 bridgehead atoms. The third-order valence-corrected chi connectivity index (χ3v) is 5.83. The van der Waals surface area contributed by atoms with E-state index in [9.17, 15) is 19.6 Å². The Morgan fingerprint density at radius 1 is 1.17 bits per heavy atom. The van der Waals surface area contributed by atoms with E-state index in [2.05, 4.69) is 0 Å². The Labute approximate surface area is 170 Å². The summed E-state index contributed by atoms with van der Waals surface area (Å²) in [6.07, 6.45) is 6.04. The first-order chi connectivity index (χ1) is 14.0. The number of hydrogen-bond acceptors (Lipinski definition) is 5. The number of hydroxylamine groups is 2. The van der Waals surface area contributed by atoms with Gasteiger partial charge in [0.15, 0.2) is 0 Å². The average Bonchev–Trinajstić information content (AvgIpc) is 3.44. The van der Waals surface area contributed by atoms with Gasteiger partial charge in [0, 0.05) is 18.7 Å². The summed E-state index contributed by atoms with van der Waals surface area (Å²) in [6.45, 7) is 0.859. The molecule has 3 amide bonds. The van der Waals surface area contributed by atoms with Crippen LogP contribution < -0.4 is 4.74 Å². The molecule has 8 nitrogen and oxygen atoms in total. The van der Waals surface area contributed by atoms with Gasteiger partial charge in [0.2, 0.25) is 12.3 Å². The highest BCUT2D eigenvalue weighted by molar-refractivity contribution is 5.96. The monoisotopic (exact) mass is 403 g/mol. The number of carbonyl (C=O) groups excluding carboxylic acids is 3. The lowest BCUT2D eigenvalue weighted by atomic mass is 9.92. The topological polar surface area (TPSA) is 90.4 Å². The molecular weight excluding hydrogens is 374 g/mol. The highest BCUT2D eigenvalue weighted by Crippen LogP contribution is 2.32. The van der Waals surface area contributed by atoms with Gasteiger partial charge in [0.25, 0.3) is 5.91 Å². The van der Waals surface area contributed by atoms with Crippen molar-refractivity contribution in [2.75, 3.05) is 26.7 Å². The van der Waals surface area contributed by atoms with Crippen molar-refractivity contribution in [1.29, 1.82) is 0 Å². The highest BCUT2D eigenvalue weighted by atomic mass is 16.5. The smallest absolute Gasteiger partial charge is 0.272 e. The van der Waals surface area contributed by atoms with Crippen molar-refractivity contribution < 1.29 is 24.3 Å². The van der Waals surface area contributed by atoms with E-state index in [1.807, 2.05) is 0 Å². The molecule has 1 N–H and O–H groups in total. The molecule has 0 aromatic heterocycles. The van der Waals surface area contributed by atoms with Gasteiger partial charge in [-0.3, -0.25) is 24.6 Å². The number of methoxy groups -OCH3 is 1. The van der Waals surface area contributed by atoms with Gasteiger partial charge in [0.1, 0.15) is 5.75 Å². The molecular formula is C21H29N3O5. The normalized spacial score (nSPS) is 18.0. The molecule has 1 aromatic rings. The van der Waals surface area contributed by atoms with Crippen LogP contribution in [-0.2, 0) is 9.59 Å². The molecule has 2 aliphatic rings. The van der Waals surface area contributed by atoms with E-state index in [1.54, 1.807) is 31.4 Å². The van der Waals surface area contributed by atoms with Gasteiger partial charge in [-0.1, -0.05) is 25.7 Å². The molecule has 158 valence electrons. The molecule has 29 heavy (non-hydrogen) atoms. The quantitative estimate of drug-likeness (QED) is 0.409. The number of hydrazine groups is 1. The number of nitrogens with zero attached hydrogens (tertiary/aromatic N) is 3. The highest BCUT2D eigenvalue weighted by Gasteiger charge is 2.37. The lowest BCUT2D eigenvalue weighted by Crippen LogP contribution is -2.49. The summed E-state index contributed by atoms with van der Waals surface area (Å²) < 4.78 is 5.13. The van der Waals surface area contributed by atoms with Gasteiger partial charge in [-0.15, -0.1) is 0 Å². The first-order valence-electron chi connectivity index (χ1n) is 10.2. The van der Waals surface area contributed by atoms with Crippen molar-refractivity contribution in [1.82, 2.24) is 15.1 Å². The molecule has 0 spiro atoms. The Morgan fingerprint density at radius 2 is 1.83 bits per heavy atom. The first-order valence-corrected chi connectivity index (χ1v) is 10.2. The molecule has 1 atom stereocenters. The molecule has 0 unspecified atom stereocenters. The minimum atomic E-state index is -0.530. The molecule has 1 saturated heterocycles. The second kappa shape index (κ2) is 9.73. The largest absolute Gasteiger partial charge is 0.497 e. The fraction of sp³-hybridized carbons (Fsp3) is 0.571. The summed E-state index contributed by atoms with van der Waals surface area (Å²) >= 11 is 0. The third-order valence-electron chi connectivity index (χ3n) is 5.83. The van der Waals surface area contributed by atoms with Gasteiger partial charge in [-0.05, 0) is 43.0 Å². The van der Waals surface area contributed by atoms with Gasteiger partial charge in [0.05, 0.1) is 19.6 Å². The second-order valence-electron chi connectivity index (χ2n) is 7.78. The van der Waals surface area contributed by atoms with Crippen LogP contribution in [0, 0.1) is 11.8 Å². The van der Waals surface area contributed by atoms with E-state index in [4.69, 9.17) is 4.74 Å². The molecule has 0 radical (unpaired) electrons. The first kappa shape index (κ1) is 21.1. The fourth-order valence-corrected chi connectivity index (χ4v) is 4.32. The van der Waals surface area contributed by atoms with E-state index >= 15 is 0 Å². The molecule has 1 aliphatic carbocycles. The van der Waals surface area contributed by atoms with Gasteiger partial charge in [-0.2, -0.15) is 0 Å². The predicted octanol–water partition coefficient (Wildman–Crippen LogP) is 2.33. The predicted molar refractivity (Wildman–Crippen MR) is 105 cm³/mol. The molecule has 8 heteroatoms. The Hall–Kier alpha value is -2.61. The Morgan fingerprint density at radius 3 is 2.45 bits per heavy atom. The maximum absolute atomic E-state index is 13.3. The Kier molecular flexibility index (Phi) is 7.09. The van der Waals surface area contributed by atoms with Crippen molar-refractivity contribution in [3.63, 3.8) is 0 Å². The minimum absolute atomic E-state index is 0.0557. The standard InChI is InChI=1S/C21H29N3O5/c1-29-19-9-7-17(8-10-19)20(26)23-11-4-12-24(23)21(27)18(14-22(28)15-25)13-16-5-2-3-6-16/h7-10,15-16,18,28H,2-6,11-14H2,1H3/t18-/m1/s1. The van der Waals surface area contributed by atoms with Crippen molar-refractivity contribution in [2.24, 2.45) is 11.8 Å². The van der Waals surface area contributed by atoms with Crippen LogP contribution in [0.3, 0.4) is 0 Å². The Balaban J connectivity index is 1.74. The molecule has 1 saturated carbocycles. The number of amides is 3. The van der Waals surface area contributed by atoms with Crippen LogP contribution in [0.2, 0.25) is 0 Å². The van der Waals surface area contributed by atoms with Crippen LogP contribution >= 0.6 is 0 Å². The lowest BCUT2D eigenvalue weighted by molar-refractivity contribution is -0.160. The van der Waals surface area contributed by atoms with Crippen LogP contribution in [0.15, 0.2) is 24.3 Å². The number of benzene rings is 1.